The molecule has 1 aromatic heterocycles. The molecule has 0 bridgehead atoms. The normalized spacial score (nSPS) is 17.0. The van der Waals surface area contributed by atoms with Gasteiger partial charge >= 0.3 is 0 Å². The van der Waals surface area contributed by atoms with Crippen molar-refractivity contribution >= 4 is 33.1 Å². The number of aromatic nitrogens is 1. The van der Waals surface area contributed by atoms with Crippen LogP contribution in [-0.4, -0.2) is 42.1 Å². The smallest absolute Gasteiger partial charge is 0.186 e. The molecule has 0 saturated carbocycles. The lowest BCUT2D eigenvalue weighted by atomic mass is 9.78. The summed E-state index contributed by atoms with van der Waals surface area (Å²) in [5.74, 6) is -1.01. The van der Waals surface area contributed by atoms with Gasteiger partial charge in [-0.05, 0) is 44.6 Å². The molecular weight excluding hydrogens is 316 g/mol. The highest BCUT2D eigenvalue weighted by Gasteiger charge is 2.36. The van der Waals surface area contributed by atoms with Crippen LogP contribution in [0.3, 0.4) is 0 Å². The summed E-state index contributed by atoms with van der Waals surface area (Å²) >= 11 is 0. The van der Waals surface area contributed by atoms with Crippen molar-refractivity contribution in [2.24, 2.45) is 5.92 Å². The zero-order valence-electron chi connectivity index (χ0n) is 14.1. The lowest BCUT2D eigenvalue weighted by Gasteiger charge is -2.24. The number of carbonyl (C=O) groups is 2. The van der Waals surface area contributed by atoms with Crippen molar-refractivity contribution in [3.63, 3.8) is 0 Å². The number of benzene rings is 2. The molecule has 4 rings (SSSR count). The van der Waals surface area contributed by atoms with Crippen LogP contribution in [0.25, 0.3) is 21.5 Å². The highest BCUT2D eigenvalue weighted by Crippen LogP contribution is 2.36. The van der Waals surface area contributed by atoms with Crippen LogP contribution in [-0.2, 0) is 0 Å². The first-order valence-corrected chi connectivity index (χ1v) is 8.28. The van der Waals surface area contributed by atoms with Crippen LogP contribution in [0.2, 0.25) is 0 Å². The minimum atomic E-state index is -0.690. The fraction of sp³-hybridized carbons (Fsp3) is 0.250. The number of pyridine rings is 1. The molecule has 126 valence electrons. The first kappa shape index (κ1) is 15.7. The molecule has 25 heavy (non-hydrogen) atoms. The first-order valence-electron chi connectivity index (χ1n) is 8.28. The Kier molecular flexibility index (Phi) is 3.54. The molecule has 5 heteroatoms. The second-order valence-electron chi connectivity index (χ2n) is 6.81. The quantitative estimate of drug-likeness (QED) is 0.590. The molecule has 1 aliphatic carbocycles. The molecule has 0 fully saturated rings. The fourth-order valence-corrected chi connectivity index (χ4v) is 3.68. The van der Waals surface area contributed by atoms with Crippen molar-refractivity contribution in [2.45, 2.75) is 6.42 Å². The Hall–Kier alpha value is -2.79. The van der Waals surface area contributed by atoms with Crippen molar-refractivity contribution in [1.82, 2.24) is 9.88 Å². The van der Waals surface area contributed by atoms with Crippen molar-refractivity contribution in [3.05, 3.63) is 58.0 Å². The molecule has 0 aliphatic heterocycles. The van der Waals surface area contributed by atoms with Gasteiger partial charge < -0.3 is 9.88 Å². The number of hydrogen-bond acceptors (Lipinski definition) is 4. The summed E-state index contributed by atoms with van der Waals surface area (Å²) in [4.78, 5) is 43.2. The molecule has 1 atom stereocenters. The molecule has 0 radical (unpaired) electrons. The van der Waals surface area contributed by atoms with Gasteiger partial charge in [-0.2, -0.15) is 0 Å². The molecule has 5 nitrogen and oxygen atoms in total. The summed E-state index contributed by atoms with van der Waals surface area (Å²) in [6.07, 6.45) is 3.89. The summed E-state index contributed by atoms with van der Waals surface area (Å²) in [5.41, 5.74) is 0.905. The van der Waals surface area contributed by atoms with Gasteiger partial charge in [0.15, 0.2) is 17.0 Å². The van der Waals surface area contributed by atoms with Crippen LogP contribution in [0.5, 0.6) is 0 Å². The predicted octanol–water partition coefficient (Wildman–Crippen LogP) is 2.63. The van der Waals surface area contributed by atoms with Gasteiger partial charge in [-0.1, -0.05) is 12.1 Å². The molecule has 1 N–H and O–H groups in total. The standard InChI is InChI=1S/C20H18N2O3/c1-22(2)7-6-12-19(24)14-8-13-11(4-3-5-17(13)23)15-9-21-10-16(18(14)15)20(12)25/h3-5,8-10,12,21H,6-7H2,1-2H3. The third-order valence-corrected chi connectivity index (χ3v) is 4.94. The van der Waals surface area contributed by atoms with Gasteiger partial charge in [0.05, 0.1) is 5.92 Å². The number of carbonyl (C=O) groups excluding carboxylic acids is 2. The highest BCUT2D eigenvalue weighted by atomic mass is 16.2. The minimum Gasteiger partial charge on any atom is -0.366 e. The van der Waals surface area contributed by atoms with Crippen LogP contribution in [0.15, 0.2) is 41.5 Å². The van der Waals surface area contributed by atoms with Crippen molar-refractivity contribution < 1.29 is 9.59 Å². The fourth-order valence-electron chi connectivity index (χ4n) is 3.68. The number of fused-ring (bicyclic) bond motifs is 2. The third kappa shape index (κ3) is 2.31. The van der Waals surface area contributed by atoms with Crippen LogP contribution in [0.4, 0.5) is 0 Å². The minimum absolute atomic E-state index is 0.115. The lowest BCUT2D eigenvalue weighted by molar-refractivity contribution is 0.0788. The van der Waals surface area contributed by atoms with Gasteiger partial charge in [0.25, 0.3) is 0 Å². The molecule has 3 aromatic rings. The number of nitrogens with one attached hydrogen (secondary N) is 1. The summed E-state index contributed by atoms with van der Waals surface area (Å²) in [5, 5.41) is 2.68. The SMILES string of the molecule is CN(C)CCC1C(=O)c2c[nH]cc3c2c(cc2c(=O)cccc23)C1=O. The molecular formula is C20H18N2O3. The number of nitrogens with zero attached hydrogens (tertiary/aromatic N) is 1. The number of hydrogen-bond donors (Lipinski definition) is 1. The molecule has 1 unspecified atom stereocenters. The van der Waals surface area contributed by atoms with Gasteiger partial charge in [-0.15, -0.1) is 0 Å². The summed E-state index contributed by atoms with van der Waals surface area (Å²) < 4.78 is 0. The van der Waals surface area contributed by atoms with E-state index in [0.717, 1.165) is 10.8 Å². The van der Waals surface area contributed by atoms with E-state index >= 15 is 0 Å². The van der Waals surface area contributed by atoms with Crippen molar-refractivity contribution in [1.29, 1.82) is 0 Å². The number of ketones is 2. The van der Waals surface area contributed by atoms with Gasteiger partial charge in [0, 0.05) is 39.7 Å². The second-order valence-corrected chi connectivity index (χ2v) is 6.81. The highest BCUT2D eigenvalue weighted by molar-refractivity contribution is 6.32. The summed E-state index contributed by atoms with van der Waals surface area (Å²) in [7, 11) is 3.83. The topological polar surface area (TPSA) is 70.2 Å². The van der Waals surface area contributed by atoms with Gasteiger partial charge in [-0.25, -0.2) is 0 Å². The molecule has 2 aromatic carbocycles. The maximum Gasteiger partial charge on any atom is 0.186 e. The number of Topliss-reactive ketones (excluding diaryl/α,β-unsaturated/α-hetero) is 2. The van der Waals surface area contributed by atoms with E-state index in [4.69, 9.17) is 0 Å². The van der Waals surface area contributed by atoms with E-state index in [2.05, 4.69) is 4.98 Å². The Morgan fingerprint density at radius 2 is 1.72 bits per heavy atom. The summed E-state index contributed by atoms with van der Waals surface area (Å²) in [6.45, 7) is 0.650. The van der Waals surface area contributed by atoms with E-state index in [-0.39, 0.29) is 17.0 Å². The lowest BCUT2D eigenvalue weighted by Crippen LogP contribution is -2.32. The number of H-pyrrole nitrogens is 1. The maximum atomic E-state index is 13.0. The van der Waals surface area contributed by atoms with E-state index in [9.17, 15) is 14.4 Å². The molecule has 1 aliphatic rings. The van der Waals surface area contributed by atoms with Gasteiger partial charge in [0.1, 0.15) is 0 Å². The Balaban J connectivity index is 2.03. The number of aromatic amines is 1. The molecule has 0 amide bonds. The average molecular weight is 334 g/mol. The number of rotatable bonds is 3. The van der Waals surface area contributed by atoms with Crippen molar-refractivity contribution in [3.8, 4) is 0 Å². The van der Waals surface area contributed by atoms with E-state index in [0.29, 0.717) is 34.9 Å². The average Bonchev–Trinajstić information content (AvgIpc) is 2.59. The second kappa shape index (κ2) is 5.63. The van der Waals surface area contributed by atoms with Crippen LogP contribution in [0, 0.1) is 5.92 Å². The Morgan fingerprint density at radius 3 is 2.48 bits per heavy atom. The van der Waals surface area contributed by atoms with Crippen LogP contribution < -0.4 is 5.43 Å². The molecule has 0 saturated heterocycles. The first-order chi connectivity index (χ1) is 12.0. The molecule has 1 heterocycles. The molecule has 0 spiro atoms. The van der Waals surface area contributed by atoms with E-state index in [1.165, 1.54) is 6.07 Å². The van der Waals surface area contributed by atoms with Crippen LogP contribution >= 0.6 is 0 Å². The Labute approximate surface area is 144 Å². The largest absolute Gasteiger partial charge is 0.366 e. The van der Waals surface area contributed by atoms with E-state index < -0.39 is 5.92 Å². The monoisotopic (exact) mass is 334 g/mol. The Bertz CT molecular complexity index is 1100. The predicted molar refractivity (Wildman–Crippen MR) is 97.4 cm³/mol. The summed E-state index contributed by atoms with van der Waals surface area (Å²) in [6, 6.07) is 6.71. The Morgan fingerprint density at radius 1 is 0.960 bits per heavy atom. The van der Waals surface area contributed by atoms with Crippen molar-refractivity contribution in [2.75, 3.05) is 20.6 Å². The van der Waals surface area contributed by atoms with E-state index in [1.807, 2.05) is 25.1 Å². The van der Waals surface area contributed by atoms with E-state index in [1.54, 1.807) is 24.5 Å². The maximum absolute atomic E-state index is 13.0. The zero-order valence-corrected chi connectivity index (χ0v) is 14.1. The van der Waals surface area contributed by atoms with Crippen LogP contribution in [0.1, 0.15) is 27.1 Å². The van der Waals surface area contributed by atoms with Gasteiger partial charge in [-0.3, -0.25) is 14.4 Å². The zero-order chi connectivity index (χ0) is 17.7. The van der Waals surface area contributed by atoms with Gasteiger partial charge in [0.2, 0.25) is 0 Å². The third-order valence-electron chi connectivity index (χ3n) is 4.94.